The number of aliphatic hydroxyl groups is 3. The van der Waals surface area contributed by atoms with E-state index >= 15 is 0 Å². The van der Waals surface area contributed by atoms with Crippen molar-refractivity contribution < 1.29 is 57.3 Å². The molecule has 254 valence electrons. The van der Waals surface area contributed by atoms with Gasteiger partial charge in [-0.3, -0.25) is 38.5 Å². The number of ketones is 2. The summed E-state index contributed by atoms with van der Waals surface area (Å²) in [6, 6.07) is 0.149. The van der Waals surface area contributed by atoms with Crippen LogP contribution in [0.4, 0.5) is 11.4 Å². The highest BCUT2D eigenvalue weighted by Crippen LogP contribution is 2.54. The van der Waals surface area contributed by atoms with Crippen LogP contribution >= 0.6 is 0 Å². The first-order valence-electron chi connectivity index (χ1n) is 14.2. The lowest BCUT2D eigenvalue weighted by molar-refractivity contribution is -0.385. The highest BCUT2D eigenvalue weighted by atomic mass is 32.3. The van der Waals surface area contributed by atoms with Crippen LogP contribution in [0.3, 0.4) is 0 Å². The van der Waals surface area contributed by atoms with Gasteiger partial charge in [-0.05, 0) is 50.8 Å². The number of carbonyl (C=O) groups is 3. The standard InChI is InChI=1S/C28H36N4O9.H2O4S/c1-6-7-31(11-12(2)3)16-10-17(32(40)41)22(33)19-14(16)8-13-9-15-21(30(4)5)24(35)20(27(29)38)26(37)28(15,39)25(36)18(13)23(19)34;1-5(2,3)4/h10,12-13,15,21,33,35-36,39H,6-9,11H2,1-5H3,(H2,29,38);(H2,1,2,3,4)/t13?,15?,21-,28-;/m0./s1. The first kappa shape index (κ1) is 36.4. The van der Waals surface area contributed by atoms with Gasteiger partial charge in [-0.2, -0.15) is 8.42 Å². The van der Waals surface area contributed by atoms with Gasteiger partial charge in [-0.15, -0.1) is 0 Å². The average molecular weight is 671 g/mol. The van der Waals surface area contributed by atoms with Crippen molar-refractivity contribution in [1.29, 1.82) is 0 Å². The summed E-state index contributed by atoms with van der Waals surface area (Å²) in [6.07, 6.45) is 0.684. The number of hydrogen-bond acceptors (Lipinski definition) is 13. The highest BCUT2D eigenvalue weighted by molar-refractivity contribution is 7.79. The molecular weight excluding hydrogens is 632 g/mol. The molecule has 0 spiro atoms. The van der Waals surface area contributed by atoms with Crippen LogP contribution in [0.15, 0.2) is 28.7 Å². The van der Waals surface area contributed by atoms with Crippen molar-refractivity contribution in [2.75, 3.05) is 32.1 Å². The molecule has 2 unspecified atom stereocenters. The normalized spacial score (nSPS) is 24.3. The van der Waals surface area contributed by atoms with Gasteiger partial charge in [0.1, 0.15) is 17.1 Å². The topological polar surface area (TPSA) is 282 Å². The summed E-state index contributed by atoms with van der Waals surface area (Å²) in [5.74, 6) is -7.93. The van der Waals surface area contributed by atoms with Crippen molar-refractivity contribution in [3.05, 3.63) is 50.0 Å². The third kappa shape index (κ3) is 6.43. The van der Waals surface area contributed by atoms with E-state index in [4.69, 9.17) is 23.3 Å². The summed E-state index contributed by atoms with van der Waals surface area (Å²) < 4.78 is 31.6. The van der Waals surface area contributed by atoms with Crippen molar-refractivity contribution in [1.82, 2.24) is 4.90 Å². The number of aliphatic hydroxyl groups excluding tert-OH is 2. The molecule has 0 saturated carbocycles. The fraction of sp³-hybridized carbons (Fsp3) is 0.536. The average Bonchev–Trinajstić information content (AvgIpc) is 2.89. The summed E-state index contributed by atoms with van der Waals surface area (Å²) in [7, 11) is -1.56. The zero-order valence-electron chi connectivity index (χ0n) is 25.8. The molecule has 0 heterocycles. The third-order valence-corrected chi connectivity index (χ3v) is 8.30. The van der Waals surface area contributed by atoms with Crippen LogP contribution in [0.2, 0.25) is 0 Å². The molecule has 0 aromatic heterocycles. The fourth-order valence-corrected chi connectivity index (χ4v) is 6.73. The van der Waals surface area contributed by atoms with E-state index in [1.807, 2.05) is 25.7 Å². The number of hydrogen-bond donors (Lipinski definition) is 7. The summed E-state index contributed by atoms with van der Waals surface area (Å²) in [5.41, 5.74) is 1.02. The number of likely N-dealkylation sites (N-methyl/N-ethyl adjacent to an activating group) is 1. The summed E-state index contributed by atoms with van der Waals surface area (Å²) in [6.45, 7) is 6.95. The number of primary amides is 1. The molecule has 0 bridgehead atoms. The summed E-state index contributed by atoms with van der Waals surface area (Å²) in [5, 5.41) is 57.0. The maximum absolute atomic E-state index is 14.0. The smallest absolute Gasteiger partial charge is 0.394 e. The third-order valence-electron chi connectivity index (χ3n) is 8.30. The molecule has 1 aromatic rings. The maximum Gasteiger partial charge on any atom is 0.394 e. The molecule has 0 saturated heterocycles. The van der Waals surface area contributed by atoms with E-state index in [0.29, 0.717) is 30.8 Å². The molecule has 3 aliphatic carbocycles. The predicted molar refractivity (Wildman–Crippen MR) is 162 cm³/mol. The van der Waals surface area contributed by atoms with Crippen LogP contribution in [-0.2, 0) is 26.4 Å². The number of amides is 1. The Balaban J connectivity index is 0.00000107. The molecule has 4 rings (SSSR count). The van der Waals surface area contributed by atoms with E-state index in [2.05, 4.69) is 0 Å². The SMILES string of the molecule is CCCN(CC(C)C)c1cc([N+](=O)[O-])c(O)c2c1CC1CC3[C@H](N(C)C)C(O)=C(C(N)=O)C(=O)[C@@]3(O)C(O)=C1C2=O.O=S(=O)(O)O. The molecule has 0 fully saturated rings. The summed E-state index contributed by atoms with van der Waals surface area (Å²) >= 11 is 0. The molecule has 1 amide bonds. The number of nitrogens with zero attached hydrogens (tertiary/aromatic N) is 3. The van der Waals surface area contributed by atoms with Crippen LogP contribution in [0.5, 0.6) is 5.75 Å². The van der Waals surface area contributed by atoms with Gasteiger partial charge in [0.05, 0.1) is 16.5 Å². The monoisotopic (exact) mass is 670 g/mol. The van der Waals surface area contributed by atoms with Gasteiger partial charge in [-0.1, -0.05) is 20.8 Å². The molecule has 46 heavy (non-hydrogen) atoms. The second-order valence-corrected chi connectivity index (χ2v) is 13.0. The number of anilines is 1. The molecule has 18 heteroatoms. The van der Waals surface area contributed by atoms with Crippen molar-refractivity contribution in [3.63, 3.8) is 0 Å². The van der Waals surface area contributed by atoms with Gasteiger partial charge >= 0.3 is 16.1 Å². The zero-order valence-corrected chi connectivity index (χ0v) is 26.6. The van der Waals surface area contributed by atoms with Gasteiger partial charge in [0.25, 0.3) is 5.91 Å². The Morgan fingerprint density at radius 2 is 1.76 bits per heavy atom. The Bertz CT molecular complexity index is 1640. The van der Waals surface area contributed by atoms with E-state index in [1.54, 1.807) is 14.1 Å². The first-order valence-corrected chi connectivity index (χ1v) is 15.6. The van der Waals surface area contributed by atoms with Gasteiger partial charge < -0.3 is 31.1 Å². The molecule has 3 aliphatic rings. The number of allylic oxidation sites excluding steroid dienone is 1. The molecular formula is C28H38N4O13S. The van der Waals surface area contributed by atoms with Crippen LogP contribution in [0.25, 0.3) is 0 Å². The van der Waals surface area contributed by atoms with Crippen LogP contribution in [-0.4, -0.2) is 104 Å². The number of phenols is 1. The van der Waals surface area contributed by atoms with Crippen LogP contribution in [0, 0.1) is 27.9 Å². The van der Waals surface area contributed by atoms with E-state index < -0.39 is 84.8 Å². The number of nitro groups is 1. The zero-order chi connectivity index (χ0) is 35.2. The largest absolute Gasteiger partial charge is 0.510 e. The Morgan fingerprint density at radius 3 is 2.22 bits per heavy atom. The predicted octanol–water partition coefficient (Wildman–Crippen LogP) is 1.25. The minimum Gasteiger partial charge on any atom is -0.510 e. The number of aromatic hydroxyl groups is 1. The highest BCUT2D eigenvalue weighted by Gasteiger charge is 2.63. The molecule has 8 N–H and O–H groups in total. The first-order chi connectivity index (χ1) is 21.1. The number of fused-ring (bicyclic) bond motifs is 3. The number of phenolic OH excluding ortho intramolecular Hbond substituents is 1. The van der Waals surface area contributed by atoms with Gasteiger partial charge in [0, 0.05) is 36.3 Å². The van der Waals surface area contributed by atoms with E-state index in [1.165, 1.54) is 11.0 Å². The Kier molecular flexibility index (Phi) is 10.2. The van der Waals surface area contributed by atoms with E-state index in [0.717, 1.165) is 0 Å². The Morgan fingerprint density at radius 1 is 1.20 bits per heavy atom. The lowest BCUT2D eigenvalue weighted by Gasteiger charge is -2.50. The van der Waals surface area contributed by atoms with E-state index in [-0.39, 0.29) is 29.9 Å². The van der Waals surface area contributed by atoms with Gasteiger partial charge in [0.15, 0.2) is 11.4 Å². The number of Topliss-reactive ketones (excluding diaryl/α,β-unsaturated/α-hetero) is 2. The molecule has 17 nitrogen and oxygen atoms in total. The number of nitro benzene ring substituents is 1. The molecule has 1 aromatic carbocycles. The van der Waals surface area contributed by atoms with E-state index in [9.17, 15) is 44.9 Å². The van der Waals surface area contributed by atoms with Crippen molar-refractivity contribution in [3.8, 4) is 5.75 Å². The minimum atomic E-state index is -4.67. The van der Waals surface area contributed by atoms with Crippen LogP contribution in [0.1, 0.15) is 49.5 Å². The van der Waals surface area contributed by atoms with Gasteiger partial charge in [-0.25, -0.2) is 0 Å². The number of benzene rings is 1. The molecule has 4 atom stereocenters. The lowest BCUT2D eigenvalue weighted by atomic mass is 9.58. The van der Waals surface area contributed by atoms with Gasteiger partial charge in [0.2, 0.25) is 11.5 Å². The van der Waals surface area contributed by atoms with Crippen molar-refractivity contribution in [2.24, 2.45) is 23.5 Å². The van der Waals surface area contributed by atoms with Crippen molar-refractivity contribution >= 4 is 39.2 Å². The molecule has 0 radical (unpaired) electrons. The number of nitrogens with two attached hydrogens (primary N) is 1. The maximum atomic E-state index is 14.0. The second-order valence-electron chi connectivity index (χ2n) is 12.1. The number of rotatable bonds is 8. The molecule has 0 aliphatic heterocycles. The van der Waals surface area contributed by atoms with Crippen LogP contribution < -0.4 is 10.6 Å². The summed E-state index contributed by atoms with van der Waals surface area (Å²) in [4.78, 5) is 54.1. The Hall–Kier alpha value is -4.10. The minimum absolute atomic E-state index is 0.0493. The number of carbonyl (C=O) groups excluding carboxylic acids is 3. The lowest BCUT2D eigenvalue weighted by Crippen LogP contribution is -2.63. The second kappa shape index (κ2) is 13.0. The Labute approximate surface area is 264 Å². The quantitative estimate of drug-likeness (QED) is 0.0886. The fourth-order valence-electron chi connectivity index (χ4n) is 6.73. The van der Waals surface area contributed by atoms with Crippen molar-refractivity contribution in [2.45, 2.75) is 51.7 Å².